The predicted octanol–water partition coefficient (Wildman–Crippen LogP) is 3.32. The molecule has 2 aromatic carbocycles. The van der Waals surface area contributed by atoms with Crippen molar-refractivity contribution in [2.45, 2.75) is 27.2 Å². The Morgan fingerprint density at radius 3 is 1.84 bits per heavy atom. The van der Waals surface area contributed by atoms with Gasteiger partial charge in [0.05, 0.1) is 0 Å². The third kappa shape index (κ3) is 2.36. The minimum Gasteiger partial charge on any atom is -0.508 e. The summed E-state index contributed by atoms with van der Waals surface area (Å²) in [4.78, 5) is 0. The van der Waals surface area contributed by atoms with Gasteiger partial charge in [-0.15, -0.1) is 0 Å². The smallest absolute Gasteiger partial charge is 0.122 e. The van der Waals surface area contributed by atoms with Crippen molar-refractivity contribution in [3.63, 3.8) is 0 Å². The molecule has 0 aliphatic rings. The fourth-order valence-electron chi connectivity index (χ4n) is 2.22. The first-order valence-corrected chi connectivity index (χ1v) is 6.20. The minimum atomic E-state index is 0.215. The molecule has 0 saturated carbocycles. The maximum absolute atomic E-state index is 10.2. The summed E-state index contributed by atoms with van der Waals surface area (Å²) in [5.41, 5.74) is 3.82. The molecule has 0 amide bonds. The van der Waals surface area contributed by atoms with Gasteiger partial charge in [-0.1, -0.05) is 12.1 Å². The van der Waals surface area contributed by atoms with E-state index < -0.39 is 0 Å². The lowest BCUT2D eigenvalue weighted by molar-refractivity contribution is 0.444. The molecule has 0 atom stereocenters. The van der Waals surface area contributed by atoms with Crippen molar-refractivity contribution in [1.82, 2.24) is 0 Å². The first-order valence-electron chi connectivity index (χ1n) is 6.20. The monoisotopic (exact) mass is 258 g/mol. The molecule has 3 N–H and O–H groups in total. The van der Waals surface area contributed by atoms with Gasteiger partial charge in [0.25, 0.3) is 0 Å². The highest BCUT2D eigenvalue weighted by Gasteiger charge is 2.16. The number of hydrogen-bond donors (Lipinski definition) is 3. The zero-order chi connectivity index (χ0) is 14.2. The normalized spacial score (nSPS) is 10.7. The Kier molecular flexibility index (Phi) is 3.38. The van der Waals surface area contributed by atoms with Crippen LogP contribution in [0, 0.1) is 20.8 Å². The van der Waals surface area contributed by atoms with Crippen molar-refractivity contribution in [3.8, 4) is 17.2 Å². The first kappa shape index (κ1) is 13.3. The number of aromatic hydroxyl groups is 3. The lowest BCUT2D eigenvalue weighted by atomic mass is 9.93. The van der Waals surface area contributed by atoms with Crippen molar-refractivity contribution >= 4 is 0 Å². The Morgan fingerprint density at radius 2 is 1.26 bits per heavy atom. The molecule has 0 unspecified atom stereocenters. The number of benzene rings is 2. The molecule has 0 aliphatic heterocycles. The van der Waals surface area contributed by atoms with Crippen LogP contribution in [0.2, 0.25) is 0 Å². The second kappa shape index (κ2) is 4.84. The van der Waals surface area contributed by atoms with E-state index in [1.807, 2.05) is 0 Å². The standard InChI is InChI=1S/C16H18O3/c1-9-10(2)16(19)14(11(3)15(9)18)8-12-4-6-13(17)7-5-12/h4-7,17-19H,8H2,1-3H3. The van der Waals surface area contributed by atoms with Crippen LogP contribution in [-0.4, -0.2) is 15.3 Å². The number of phenols is 3. The van der Waals surface area contributed by atoms with E-state index in [-0.39, 0.29) is 17.2 Å². The Hall–Kier alpha value is -2.16. The highest BCUT2D eigenvalue weighted by Crippen LogP contribution is 2.37. The molecule has 0 bridgehead atoms. The Bertz CT molecular complexity index is 584. The lowest BCUT2D eigenvalue weighted by Crippen LogP contribution is -1.97. The quantitative estimate of drug-likeness (QED) is 0.724. The van der Waals surface area contributed by atoms with Gasteiger partial charge in [-0.2, -0.15) is 0 Å². The molecule has 0 radical (unpaired) electrons. The fraction of sp³-hybridized carbons (Fsp3) is 0.250. The predicted molar refractivity (Wildman–Crippen MR) is 74.9 cm³/mol. The summed E-state index contributed by atoms with van der Waals surface area (Å²) in [6.07, 6.45) is 0.520. The average Bonchev–Trinajstić information content (AvgIpc) is 2.41. The summed E-state index contributed by atoms with van der Waals surface area (Å²) >= 11 is 0. The molecule has 3 heteroatoms. The van der Waals surface area contributed by atoms with Gasteiger partial charge in [0.1, 0.15) is 17.2 Å². The van der Waals surface area contributed by atoms with Crippen LogP contribution >= 0.6 is 0 Å². The summed E-state index contributed by atoms with van der Waals surface area (Å²) in [6.45, 7) is 5.39. The molecule has 0 aliphatic carbocycles. The van der Waals surface area contributed by atoms with Crippen molar-refractivity contribution in [1.29, 1.82) is 0 Å². The molecule has 0 spiro atoms. The second-order valence-electron chi connectivity index (χ2n) is 4.89. The van der Waals surface area contributed by atoms with Gasteiger partial charge < -0.3 is 15.3 Å². The van der Waals surface area contributed by atoms with Crippen LogP contribution in [0.15, 0.2) is 24.3 Å². The van der Waals surface area contributed by atoms with Crippen molar-refractivity contribution in [2.75, 3.05) is 0 Å². The number of rotatable bonds is 2. The minimum absolute atomic E-state index is 0.215. The summed E-state index contributed by atoms with van der Waals surface area (Å²) in [5.74, 6) is 0.692. The van der Waals surface area contributed by atoms with E-state index in [0.29, 0.717) is 23.1 Å². The highest BCUT2D eigenvalue weighted by atomic mass is 16.3. The summed E-state index contributed by atoms with van der Waals surface area (Å²) in [5, 5.41) is 29.6. The van der Waals surface area contributed by atoms with Gasteiger partial charge in [-0.3, -0.25) is 0 Å². The Balaban J connectivity index is 2.48. The van der Waals surface area contributed by atoms with Crippen molar-refractivity contribution in [2.24, 2.45) is 0 Å². The average molecular weight is 258 g/mol. The molecule has 0 heterocycles. The van der Waals surface area contributed by atoms with E-state index in [1.54, 1.807) is 45.0 Å². The molecule has 19 heavy (non-hydrogen) atoms. The SMILES string of the molecule is Cc1c(C)c(O)c(Cc2ccc(O)cc2)c(C)c1O. The van der Waals surface area contributed by atoms with Gasteiger partial charge >= 0.3 is 0 Å². The van der Waals surface area contributed by atoms with Crippen LogP contribution in [0.25, 0.3) is 0 Å². The van der Waals surface area contributed by atoms with Gasteiger partial charge in [-0.05, 0) is 55.2 Å². The number of hydrogen-bond acceptors (Lipinski definition) is 3. The van der Waals surface area contributed by atoms with E-state index in [1.165, 1.54) is 0 Å². The van der Waals surface area contributed by atoms with E-state index in [0.717, 1.165) is 11.1 Å². The van der Waals surface area contributed by atoms with Gasteiger partial charge in [0.15, 0.2) is 0 Å². The van der Waals surface area contributed by atoms with E-state index in [4.69, 9.17) is 0 Å². The van der Waals surface area contributed by atoms with Gasteiger partial charge in [-0.25, -0.2) is 0 Å². The van der Waals surface area contributed by atoms with Crippen LogP contribution in [0.1, 0.15) is 27.8 Å². The zero-order valence-electron chi connectivity index (χ0n) is 11.4. The van der Waals surface area contributed by atoms with E-state index >= 15 is 0 Å². The Labute approximate surface area is 112 Å². The van der Waals surface area contributed by atoms with Crippen LogP contribution in [0.4, 0.5) is 0 Å². The lowest BCUT2D eigenvalue weighted by Gasteiger charge is -2.16. The van der Waals surface area contributed by atoms with Crippen LogP contribution in [-0.2, 0) is 6.42 Å². The molecule has 3 nitrogen and oxygen atoms in total. The summed E-state index contributed by atoms with van der Waals surface area (Å²) < 4.78 is 0. The largest absolute Gasteiger partial charge is 0.508 e. The number of phenolic OH excluding ortho intramolecular Hbond substituents is 3. The van der Waals surface area contributed by atoms with Crippen LogP contribution < -0.4 is 0 Å². The molecular weight excluding hydrogens is 240 g/mol. The fourth-order valence-corrected chi connectivity index (χ4v) is 2.22. The highest BCUT2D eigenvalue weighted by molar-refractivity contribution is 5.57. The molecule has 2 rings (SSSR count). The molecule has 2 aromatic rings. The molecule has 0 saturated heterocycles. The summed E-state index contributed by atoms with van der Waals surface area (Å²) in [7, 11) is 0. The molecule has 0 fully saturated rings. The van der Waals surface area contributed by atoms with Crippen molar-refractivity contribution < 1.29 is 15.3 Å². The third-order valence-corrected chi connectivity index (χ3v) is 3.68. The van der Waals surface area contributed by atoms with E-state index in [2.05, 4.69) is 0 Å². The van der Waals surface area contributed by atoms with Gasteiger partial charge in [0, 0.05) is 12.0 Å². The van der Waals surface area contributed by atoms with E-state index in [9.17, 15) is 15.3 Å². The zero-order valence-corrected chi connectivity index (χ0v) is 11.4. The molecule has 100 valence electrons. The Morgan fingerprint density at radius 1 is 0.737 bits per heavy atom. The maximum atomic E-state index is 10.2. The third-order valence-electron chi connectivity index (χ3n) is 3.68. The topological polar surface area (TPSA) is 60.7 Å². The molecule has 0 aromatic heterocycles. The first-order chi connectivity index (χ1) is 8.91. The van der Waals surface area contributed by atoms with Crippen LogP contribution in [0.3, 0.4) is 0 Å². The maximum Gasteiger partial charge on any atom is 0.122 e. The van der Waals surface area contributed by atoms with Gasteiger partial charge in [0.2, 0.25) is 0 Å². The second-order valence-corrected chi connectivity index (χ2v) is 4.89. The van der Waals surface area contributed by atoms with Crippen LogP contribution in [0.5, 0.6) is 17.2 Å². The summed E-state index contributed by atoms with van der Waals surface area (Å²) in [6, 6.07) is 6.84. The van der Waals surface area contributed by atoms with Crippen molar-refractivity contribution in [3.05, 3.63) is 52.1 Å². The molecular formula is C16H18O3.